The summed E-state index contributed by atoms with van der Waals surface area (Å²) in [5, 5.41) is 0. The number of rotatable bonds is 2. The summed E-state index contributed by atoms with van der Waals surface area (Å²) in [6.45, 7) is 0. The molecule has 0 bridgehead atoms. The molecule has 3 aliphatic rings. The lowest BCUT2D eigenvalue weighted by molar-refractivity contribution is -0.153. The smallest absolute Gasteiger partial charge is 0.313 e. The van der Waals surface area contributed by atoms with Crippen LogP contribution in [0.2, 0.25) is 0 Å². The summed E-state index contributed by atoms with van der Waals surface area (Å²) in [5.74, 6) is -0.0196. The van der Waals surface area contributed by atoms with Crippen molar-refractivity contribution in [3.05, 3.63) is 12.2 Å². The fourth-order valence-electron chi connectivity index (χ4n) is 2.56. The molecule has 82 valence electrons. The van der Waals surface area contributed by atoms with Crippen molar-refractivity contribution in [2.45, 2.75) is 50.4 Å². The van der Waals surface area contributed by atoms with Gasteiger partial charge in [-0.2, -0.15) is 0 Å². The van der Waals surface area contributed by atoms with Crippen LogP contribution in [0.1, 0.15) is 32.1 Å². The Morgan fingerprint density at radius 1 is 1.33 bits per heavy atom. The van der Waals surface area contributed by atoms with Crippen LogP contribution in [0.3, 0.4) is 0 Å². The van der Waals surface area contributed by atoms with Crippen LogP contribution in [0.4, 0.5) is 0 Å². The number of hydrogen-bond acceptors (Lipinski definition) is 3. The van der Waals surface area contributed by atoms with Gasteiger partial charge in [0.15, 0.2) is 0 Å². The van der Waals surface area contributed by atoms with E-state index in [0.29, 0.717) is 12.2 Å². The molecule has 15 heavy (non-hydrogen) atoms. The van der Waals surface area contributed by atoms with Crippen molar-refractivity contribution in [3.63, 3.8) is 0 Å². The maximum absolute atomic E-state index is 11.8. The average Bonchev–Trinajstić information content (AvgIpc) is 2.88. The molecule has 1 saturated heterocycles. The minimum atomic E-state index is -0.0303. The highest BCUT2D eigenvalue weighted by molar-refractivity contribution is 5.74. The lowest BCUT2D eigenvalue weighted by Gasteiger charge is -2.19. The van der Waals surface area contributed by atoms with Crippen LogP contribution in [0.25, 0.3) is 0 Å². The van der Waals surface area contributed by atoms with E-state index in [1.54, 1.807) is 0 Å². The van der Waals surface area contributed by atoms with Gasteiger partial charge in [0.1, 0.15) is 6.10 Å². The van der Waals surface area contributed by atoms with Gasteiger partial charge in [-0.05, 0) is 19.3 Å². The average molecular weight is 208 g/mol. The summed E-state index contributed by atoms with van der Waals surface area (Å²) in [6, 6.07) is 0. The molecule has 3 heteroatoms. The standard InChI is InChI=1S/C12H16O3/c13-12(8-4-2-1-3-5-8)14-9-6-10-11(7-9)15-10/h2,4,8-11H,1,3,5-7H2. The zero-order valence-corrected chi connectivity index (χ0v) is 8.72. The quantitative estimate of drug-likeness (QED) is 0.394. The molecule has 2 fully saturated rings. The summed E-state index contributed by atoms with van der Waals surface area (Å²) >= 11 is 0. The number of hydrogen-bond donors (Lipinski definition) is 0. The van der Waals surface area contributed by atoms with Crippen LogP contribution in [0.5, 0.6) is 0 Å². The summed E-state index contributed by atoms with van der Waals surface area (Å²) in [5.41, 5.74) is 0. The molecule has 3 atom stereocenters. The van der Waals surface area contributed by atoms with E-state index in [1.807, 2.05) is 6.08 Å². The molecule has 3 nitrogen and oxygen atoms in total. The van der Waals surface area contributed by atoms with Crippen molar-refractivity contribution in [1.29, 1.82) is 0 Å². The van der Waals surface area contributed by atoms with Crippen molar-refractivity contribution in [2.75, 3.05) is 0 Å². The topological polar surface area (TPSA) is 38.8 Å². The Bertz CT molecular complexity index is 287. The van der Waals surface area contributed by atoms with E-state index in [1.165, 1.54) is 0 Å². The molecule has 0 aromatic heterocycles. The number of esters is 1. The van der Waals surface area contributed by atoms with Gasteiger partial charge in [0, 0.05) is 12.8 Å². The number of allylic oxidation sites excluding steroid dienone is 1. The zero-order chi connectivity index (χ0) is 10.3. The monoisotopic (exact) mass is 208 g/mol. The van der Waals surface area contributed by atoms with Gasteiger partial charge in [0.05, 0.1) is 18.1 Å². The Labute approximate surface area is 89.4 Å². The van der Waals surface area contributed by atoms with Gasteiger partial charge >= 0.3 is 5.97 Å². The Balaban J connectivity index is 1.51. The lowest BCUT2D eigenvalue weighted by atomic mass is 9.96. The lowest BCUT2D eigenvalue weighted by Crippen LogP contribution is -2.23. The Morgan fingerprint density at radius 2 is 2.13 bits per heavy atom. The van der Waals surface area contributed by atoms with E-state index in [-0.39, 0.29) is 18.0 Å². The van der Waals surface area contributed by atoms with E-state index >= 15 is 0 Å². The molecule has 1 saturated carbocycles. The minimum absolute atomic E-state index is 0.0107. The summed E-state index contributed by atoms with van der Waals surface area (Å²) < 4.78 is 10.8. The predicted octanol–water partition coefficient (Wildman–Crippen LogP) is 1.82. The number of ether oxygens (including phenoxy) is 2. The second kappa shape index (κ2) is 3.63. The Kier molecular flexibility index (Phi) is 2.28. The van der Waals surface area contributed by atoms with Crippen molar-refractivity contribution in [3.8, 4) is 0 Å². The summed E-state index contributed by atoms with van der Waals surface area (Å²) in [4.78, 5) is 11.8. The number of epoxide rings is 1. The molecule has 2 aliphatic carbocycles. The highest BCUT2D eigenvalue weighted by atomic mass is 16.6. The third-order valence-electron chi connectivity index (χ3n) is 3.52. The highest BCUT2D eigenvalue weighted by Crippen LogP contribution is 2.40. The van der Waals surface area contributed by atoms with Gasteiger partial charge in [-0.15, -0.1) is 0 Å². The maximum Gasteiger partial charge on any atom is 0.313 e. The van der Waals surface area contributed by atoms with Crippen LogP contribution in [0, 0.1) is 5.92 Å². The van der Waals surface area contributed by atoms with Crippen molar-refractivity contribution >= 4 is 5.97 Å². The van der Waals surface area contributed by atoms with Gasteiger partial charge in [-0.3, -0.25) is 4.79 Å². The molecule has 0 aromatic rings. The van der Waals surface area contributed by atoms with E-state index in [4.69, 9.17) is 9.47 Å². The molecule has 0 N–H and O–H groups in total. The van der Waals surface area contributed by atoms with E-state index in [9.17, 15) is 4.79 Å². The maximum atomic E-state index is 11.8. The largest absolute Gasteiger partial charge is 0.462 e. The van der Waals surface area contributed by atoms with E-state index in [2.05, 4.69) is 6.08 Å². The predicted molar refractivity (Wildman–Crippen MR) is 54.3 cm³/mol. The van der Waals surface area contributed by atoms with Crippen molar-refractivity contribution in [1.82, 2.24) is 0 Å². The fraction of sp³-hybridized carbons (Fsp3) is 0.750. The van der Waals surface area contributed by atoms with Crippen LogP contribution in [0.15, 0.2) is 12.2 Å². The summed E-state index contributed by atoms with van der Waals surface area (Å²) in [7, 11) is 0. The molecule has 0 radical (unpaired) electrons. The van der Waals surface area contributed by atoms with Gasteiger partial charge in [0.25, 0.3) is 0 Å². The minimum Gasteiger partial charge on any atom is -0.462 e. The molecule has 3 rings (SSSR count). The van der Waals surface area contributed by atoms with Gasteiger partial charge < -0.3 is 9.47 Å². The SMILES string of the molecule is O=C(OC1CC2OC2C1)C1C=CCCC1. The van der Waals surface area contributed by atoms with E-state index in [0.717, 1.165) is 32.1 Å². The molecule has 0 amide bonds. The highest BCUT2D eigenvalue weighted by Gasteiger charge is 2.49. The molecular weight excluding hydrogens is 192 g/mol. The van der Waals surface area contributed by atoms with Crippen molar-refractivity contribution in [2.24, 2.45) is 5.92 Å². The van der Waals surface area contributed by atoms with Crippen molar-refractivity contribution < 1.29 is 14.3 Å². The van der Waals surface area contributed by atoms with Crippen LogP contribution >= 0.6 is 0 Å². The first-order valence-corrected chi connectivity index (χ1v) is 5.85. The van der Waals surface area contributed by atoms with E-state index < -0.39 is 0 Å². The number of carbonyl (C=O) groups is 1. The van der Waals surface area contributed by atoms with Gasteiger partial charge in [0.2, 0.25) is 0 Å². The molecule has 1 heterocycles. The first-order chi connectivity index (χ1) is 7.33. The summed E-state index contributed by atoms with van der Waals surface area (Å²) in [6.07, 6.45) is 9.97. The molecular formula is C12H16O3. The van der Waals surface area contributed by atoms with Gasteiger partial charge in [-0.1, -0.05) is 12.2 Å². The van der Waals surface area contributed by atoms with Crippen LogP contribution < -0.4 is 0 Å². The Morgan fingerprint density at radius 3 is 2.80 bits per heavy atom. The van der Waals surface area contributed by atoms with Crippen LogP contribution in [-0.4, -0.2) is 24.3 Å². The zero-order valence-electron chi connectivity index (χ0n) is 8.72. The number of carbonyl (C=O) groups excluding carboxylic acids is 1. The fourth-order valence-corrected chi connectivity index (χ4v) is 2.56. The third-order valence-corrected chi connectivity index (χ3v) is 3.52. The molecule has 0 aromatic carbocycles. The van der Waals surface area contributed by atoms with Gasteiger partial charge in [-0.25, -0.2) is 0 Å². The molecule has 0 spiro atoms. The first kappa shape index (κ1) is 9.40. The second-order valence-corrected chi connectivity index (χ2v) is 4.71. The first-order valence-electron chi connectivity index (χ1n) is 5.85. The molecule has 1 aliphatic heterocycles. The second-order valence-electron chi connectivity index (χ2n) is 4.71. The van der Waals surface area contributed by atoms with Crippen LogP contribution in [-0.2, 0) is 14.3 Å². The molecule has 3 unspecified atom stereocenters. The normalized spacial score (nSPS) is 42.4. The third kappa shape index (κ3) is 1.93. The number of fused-ring (bicyclic) bond motifs is 1. The Hall–Kier alpha value is -0.830.